The maximum absolute atomic E-state index is 12.4. The fourth-order valence-corrected chi connectivity index (χ4v) is 7.69. The van der Waals surface area contributed by atoms with Crippen molar-refractivity contribution < 1.29 is 15.0 Å². The molecule has 0 aliphatic rings. The number of hydrogen-bond acceptors (Lipinski definition) is 3. The van der Waals surface area contributed by atoms with E-state index in [9.17, 15) is 15.0 Å². The van der Waals surface area contributed by atoms with Gasteiger partial charge in [0, 0.05) is 6.42 Å². The number of rotatable bonds is 46. The van der Waals surface area contributed by atoms with Crippen LogP contribution in [0.5, 0.6) is 0 Å². The third-order valence-electron chi connectivity index (χ3n) is 11.5. The van der Waals surface area contributed by atoms with E-state index in [2.05, 4.69) is 79.9 Å². The van der Waals surface area contributed by atoms with Gasteiger partial charge in [0.15, 0.2) is 0 Å². The first-order chi connectivity index (χ1) is 28.7. The van der Waals surface area contributed by atoms with Crippen LogP contribution in [-0.4, -0.2) is 34.9 Å². The first-order valence-electron chi connectivity index (χ1n) is 25.5. The van der Waals surface area contributed by atoms with Crippen LogP contribution < -0.4 is 5.32 Å². The zero-order chi connectivity index (χ0) is 42.1. The highest BCUT2D eigenvalue weighted by atomic mass is 16.3. The molecule has 4 heteroatoms. The quantitative estimate of drug-likeness (QED) is 0.0424. The molecule has 0 spiro atoms. The van der Waals surface area contributed by atoms with Crippen molar-refractivity contribution in [3.63, 3.8) is 0 Å². The summed E-state index contributed by atoms with van der Waals surface area (Å²) < 4.78 is 0. The second-order valence-corrected chi connectivity index (χ2v) is 17.2. The van der Waals surface area contributed by atoms with Crippen LogP contribution in [0.1, 0.15) is 258 Å². The Balaban J connectivity index is 3.50. The van der Waals surface area contributed by atoms with E-state index in [0.29, 0.717) is 12.8 Å². The van der Waals surface area contributed by atoms with Crippen LogP contribution in [0.25, 0.3) is 0 Å². The number of carbonyl (C=O) groups excluding carboxylic acids is 1. The van der Waals surface area contributed by atoms with Crippen LogP contribution in [0.3, 0.4) is 0 Å². The molecular weight excluding hydrogens is 711 g/mol. The lowest BCUT2D eigenvalue weighted by molar-refractivity contribution is -0.123. The van der Waals surface area contributed by atoms with E-state index in [1.165, 1.54) is 173 Å². The summed E-state index contributed by atoms with van der Waals surface area (Å²) in [6, 6.07) is -0.569. The summed E-state index contributed by atoms with van der Waals surface area (Å²) in [7, 11) is 0. The number of aliphatic hydroxyl groups excluding tert-OH is 2. The molecule has 0 aliphatic heterocycles. The lowest BCUT2D eigenvalue weighted by atomic mass is 10.0. The Morgan fingerprint density at radius 3 is 1.07 bits per heavy atom. The van der Waals surface area contributed by atoms with Gasteiger partial charge in [-0.2, -0.15) is 0 Å². The maximum atomic E-state index is 12.4. The number of unbranched alkanes of at least 4 members (excludes halogenated alkanes) is 29. The van der Waals surface area contributed by atoms with Crippen LogP contribution in [0.4, 0.5) is 0 Å². The molecule has 338 valence electrons. The van der Waals surface area contributed by atoms with E-state index in [-0.39, 0.29) is 12.5 Å². The van der Waals surface area contributed by atoms with Crippen molar-refractivity contribution in [2.75, 3.05) is 6.61 Å². The molecule has 0 radical (unpaired) electrons. The van der Waals surface area contributed by atoms with Crippen molar-refractivity contribution in [1.29, 1.82) is 0 Å². The molecule has 0 saturated carbocycles. The second-order valence-electron chi connectivity index (χ2n) is 17.2. The van der Waals surface area contributed by atoms with Crippen LogP contribution >= 0.6 is 0 Å². The van der Waals surface area contributed by atoms with E-state index in [0.717, 1.165) is 57.8 Å². The molecule has 0 bridgehead atoms. The standard InChI is InChI=1S/C54H99NO3/c1-3-5-7-9-11-13-15-17-19-21-22-23-24-25-26-27-28-29-30-31-32-34-35-37-39-41-43-45-47-49-53(57)52(51-56)55-54(58)50-48-46-44-42-40-38-36-33-20-18-16-14-12-10-8-6-4-2/h6,8,12,14,18,20,36,38,42,44,52-53,56-57H,3-5,7,9-11,13,15-17,19,21-35,37,39-41,43,45-51H2,1-2H3,(H,55,58)/b8-6-,14-12-,20-18-,38-36-,44-42-. The fraction of sp³-hybridized carbons (Fsp3) is 0.796. The summed E-state index contributed by atoms with van der Waals surface area (Å²) >= 11 is 0. The van der Waals surface area contributed by atoms with Crippen molar-refractivity contribution >= 4 is 5.91 Å². The molecular formula is C54H99NO3. The molecule has 0 rings (SSSR count). The van der Waals surface area contributed by atoms with Gasteiger partial charge >= 0.3 is 0 Å². The molecule has 0 aromatic heterocycles. The van der Waals surface area contributed by atoms with Gasteiger partial charge in [-0.25, -0.2) is 0 Å². The Labute approximate surface area is 362 Å². The largest absolute Gasteiger partial charge is 0.394 e. The molecule has 4 nitrogen and oxygen atoms in total. The third-order valence-corrected chi connectivity index (χ3v) is 11.5. The molecule has 58 heavy (non-hydrogen) atoms. The molecule has 0 aromatic carbocycles. The zero-order valence-electron chi connectivity index (χ0n) is 38.8. The number of amides is 1. The van der Waals surface area contributed by atoms with Crippen molar-refractivity contribution in [2.45, 2.75) is 270 Å². The Morgan fingerprint density at radius 2 is 0.741 bits per heavy atom. The number of allylic oxidation sites excluding steroid dienone is 10. The van der Waals surface area contributed by atoms with E-state index in [1.54, 1.807) is 0 Å². The monoisotopic (exact) mass is 810 g/mol. The number of carbonyl (C=O) groups is 1. The maximum Gasteiger partial charge on any atom is 0.220 e. The topological polar surface area (TPSA) is 69.6 Å². The van der Waals surface area contributed by atoms with Crippen molar-refractivity contribution in [2.24, 2.45) is 0 Å². The van der Waals surface area contributed by atoms with E-state index < -0.39 is 12.1 Å². The van der Waals surface area contributed by atoms with Gasteiger partial charge in [-0.1, -0.05) is 261 Å². The smallest absolute Gasteiger partial charge is 0.220 e. The number of aliphatic hydroxyl groups is 2. The van der Waals surface area contributed by atoms with Crippen LogP contribution in [-0.2, 0) is 4.79 Å². The van der Waals surface area contributed by atoms with E-state index in [1.807, 2.05) is 0 Å². The Morgan fingerprint density at radius 1 is 0.431 bits per heavy atom. The molecule has 1 amide bonds. The molecule has 3 N–H and O–H groups in total. The fourth-order valence-electron chi connectivity index (χ4n) is 7.69. The summed E-state index contributed by atoms with van der Waals surface area (Å²) in [5.41, 5.74) is 0. The minimum Gasteiger partial charge on any atom is -0.394 e. The summed E-state index contributed by atoms with van der Waals surface area (Å²) in [4.78, 5) is 12.4. The highest BCUT2D eigenvalue weighted by Gasteiger charge is 2.19. The summed E-state index contributed by atoms with van der Waals surface area (Å²) in [5, 5.41) is 23.2. The van der Waals surface area contributed by atoms with E-state index >= 15 is 0 Å². The highest BCUT2D eigenvalue weighted by Crippen LogP contribution is 2.17. The minimum absolute atomic E-state index is 0.0870. The average Bonchev–Trinajstić information content (AvgIpc) is 3.23. The highest BCUT2D eigenvalue weighted by molar-refractivity contribution is 5.76. The first-order valence-corrected chi connectivity index (χ1v) is 25.5. The molecule has 2 unspecified atom stereocenters. The third kappa shape index (κ3) is 45.2. The Kier molecular flexibility index (Phi) is 47.8. The average molecular weight is 810 g/mol. The minimum atomic E-state index is -0.686. The van der Waals surface area contributed by atoms with Gasteiger partial charge in [0.1, 0.15) is 0 Å². The normalized spacial score (nSPS) is 13.4. The van der Waals surface area contributed by atoms with Crippen LogP contribution in [0.15, 0.2) is 60.8 Å². The van der Waals surface area contributed by atoms with Gasteiger partial charge in [-0.3, -0.25) is 4.79 Å². The van der Waals surface area contributed by atoms with Gasteiger partial charge in [0.2, 0.25) is 5.91 Å². The summed E-state index contributed by atoms with van der Waals surface area (Å²) in [6.45, 7) is 4.23. The predicted molar refractivity (Wildman–Crippen MR) is 258 cm³/mol. The lowest BCUT2D eigenvalue weighted by Gasteiger charge is -2.22. The van der Waals surface area contributed by atoms with Crippen LogP contribution in [0, 0.1) is 0 Å². The second kappa shape index (κ2) is 49.5. The van der Waals surface area contributed by atoms with Gasteiger partial charge in [0.05, 0.1) is 18.8 Å². The number of nitrogens with one attached hydrogen (secondary N) is 1. The Hall–Kier alpha value is -1.91. The lowest BCUT2D eigenvalue weighted by Crippen LogP contribution is -2.45. The van der Waals surface area contributed by atoms with Gasteiger partial charge < -0.3 is 15.5 Å². The molecule has 0 aromatic rings. The van der Waals surface area contributed by atoms with Crippen molar-refractivity contribution in [3.05, 3.63) is 60.8 Å². The predicted octanol–water partition coefficient (Wildman–Crippen LogP) is 16.5. The summed E-state index contributed by atoms with van der Waals surface area (Å²) in [5.74, 6) is -0.0870. The van der Waals surface area contributed by atoms with Crippen molar-refractivity contribution in [1.82, 2.24) is 5.32 Å². The van der Waals surface area contributed by atoms with Crippen LogP contribution in [0.2, 0.25) is 0 Å². The zero-order valence-corrected chi connectivity index (χ0v) is 38.8. The van der Waals surface area contributed by atoms with Gasteiger partial charge in [0.25, 0.3) is 0 Å². The van der Waals surface area contributed by atoms with Gasteiger partial charge in [-0.05, 0) is 51.4 Å². The molecule has 0 aliphatic carbocycles. The molecule has 0 saturated heterocycles. The molecule has 2 atom stereocenters. The van der Waals surface area contributed by atoms with E-state index in [4.69, 9.17) is 0 Å². The number of hydrogen-bond donors (Lipinski definition) is 3. The molecule has 0 heterocycles. The first kappa shape index (κ1) is 56.1. The molecule has 0 fully saturated rings. The van der Waals surface area contributed by atoms with Gasteiger partial charge in [-0.15, -0.1) is 0 Å². The summed E-state index contributed by atoms with van der Waals surface area (Å²) in [6.07, 6.45) is 69.1. The SMILES string of the molecule is CC/C=C\C/C=C\C/C=C\C/C=C\C/C=C\CCCC(=O)NC(CO)C(O)CCCCCCCCCCCCCCCCCCCCCCCCCCCCCCC. The van der Waals surface area contributed by atoms with Crippen molar-refractivity contribution in [3.8, 4) is 0 Å². The Bertz CT molecular complexity index is 965.